The molecule has 0 saturated heterocycles. The highest BCUT2D eigenvalue weighted by molar-refractivity contribution is 5.66. The fourth-order valence-corrected chi connectivity index (χ4v) is 2.06. The monoisotopic (exact) mass is 215 g/mol. The molecule has 0 saturated carbocycles. The Morgan fingerprint density at radius 3 is 2.69 bits per heavy atom. The van der Waals surface area contributed by atoms with Gasteiger partial charge in [0.1, 0.15) is 6.29 Å². The largest absolute Gasteiger partial charge is 0.303 e. The predicted octanol–water partition coefficient (Wildman–Crippen LogP) is 2.36. The first-order valence-electron chi connectivity index (χ1n) is 5.80. The average Bonchev–Trinajstić information content (AvgIpc) is 2.38. The Morgan fingerprint density at radius 2 is 2.06 bits per heavy atom. The average molecular weight is 215 g/mol. The molecule has 1 aliphatic heterocycles. The summed E-state index contributed by atoms with van der Waals surface area (Å²) in [4.78, 5) is 12.6. The molecule has 0 amide bonds. The topological polar surface area (TPSA) is 20.3 Å². The first kappa shape index (κ1) is 11.1. The van der Waals surface area contributed by atoms with E-state index in [1.807, 2.05) is 6.07 Å². The first-order valence-corrected chi connectivity index (χ1v) is 5.80. The van der Waals surface area contributed by atoms with Crippen LogP contribution in [0.3, 0.4) is 0 Å². The SMILES string of the molecule is O=CCCN1CC=C(c2ccccc2)CC1. The lowest BCUT2D eigenvalue weighted by Crippen LogP contribution is -2.29. The van der Waals surface area contributed by atoms with Crippen LogP contribution in [0.5, 0.6) is 0 Å². The third-order valence-corrected chi connectivity index (χ3v) is 3.00. The summed E-state index contributed by atoms with van der Waals surface area (Å²) in [5.41, 5.74) is 2.76. The lowest BCUT2D eigenvalue weighted by molar-refractivity contribution is -0.108. The van der Waals surface area contributed by atoms with Crippen molar-refractivity contribution in [2.45, 2.75) is 12.8 Å². The molecule has 0 fully saturated rings. The molecule has 2 rings (SSSR count). The van der Waals surface area contributed by atoms with Gasteiger partial charge in [0.25, 0.3) is 0 Å². The summed E-state index contributed by atoms with van der Waals surface area (Å²) >= 11 is 0. The quantitative estimate of drug-likeness (QED) is 0.719. The van der Waals surface area contributed by atoms with Crippen LogP contribution in [0.15, 0.2) is 36.4 Å². The number of hydrogen-bond donors (Lipinski definition) is 0. The molecule has 1 aliphatic rings. The Bertz CT molecular complexity index is 370. The van der Waals surface area contributed by atoms with E-state index in [2.05, 4.69) is 35.2 Å². The van der Waals surface area contributed by atoms with E-state index in [9.17, 15) is 4.79 Å². The zero-order chi connectivity index (χ0) is 11.2. The van der Waals surface area contributed by atoms with Crippen molar-refractivity contribution < 1.29 is 4.79 Å². The Labute approximate surface area is 96.6 Å². The standard InChI is InChI=1S/C14H17NO/c16-12-4-9-15-10-7-14(8-11-15)13-5-2-1-3-6-13/h1-3,5-7,12H,4,8-11H2. The third kappa shape index (κ3) is 2.80. The molecule has 1 aromatic carbocycles. The van der Waals surface area contributed by atoms with Gasteiger partial charge >= 0.3 is 0 Å². The van der Waals surface area contributed by atoms with Crippen LogP contribution in [-0.4, -0.2) is 30.8 Å². The molecule has 2 heteroatoms. The summed E-state index contributed by atoms with van der Waals surface area (Å²) in [7, 11) is 0. The van der Waals surface area contributed by atoms with E-state index in [1.54, 1.807) is 0 Å². The second kappa shape index (κ2) is 5.61. The highest BCUT2D eigenvalue weighted by Gasteiger charge is 2.11. The van der Waals surface area contributed by atoms with E-state index in [4.69, 9.17) is 0 Å². The molecule has 1 aromatic rings. The van der Waals surface area contributed by atoms with Crippen LogP contribution in [0.25, 0.3) is 5.57 Å². The zero-order valence-electron chi connectivity index (χ0n) is 9.43. The van der Waals surface area contributed by atoms with E-state index in [0.717, 1.165) is 32.3 Å². The number of carbonyl (C=O) groups excluding carboxylic acids is 1. The minimum Gasteiger partial charge on any atom is -0.303 e. The van der Waals surface area contributed by atoms with Crippen molar-refractivity contribution >= 4 is 11.9 Å². The van der Waals surface area contributed by atoms with Crippen molar-refractivity contribution in [3.05, 3.63) is 42.0 Å². The maximum absolute atomic E-state index is 10.3. The molecule has 0 bridgehead atoms. The molecule has 16 heavy (non-hydrogen) atoms. The number of aldehydes is 1. The summed E-state index contributed by atoms with van der Waals surface area (Å²) in [6.07, 6.45) is 5.01. The fourth-order valence-electron chi connectivity index (χ4n) is 2.06. The fraction of sp³-hybridized carbons (Fsp3) is 0.357. The summed E-state index contributed by atoms with van der Waals surface area (Å²) in [5.74, 6) is 0. The third-order valence-electron chi connectivity index (χ3n) is 3.00. The molecule has 84 valence electrons. The van der Waals surface area contributed by atoms with Crippen molar-refractivity contribution in [1.29, 1.82) is 0 Å². The Morgan fingerprint density at radius 1 is 1.25 bits per heavy atom. The molecular weight excluding hydrogens is 198 g/mol. The summed E-state index contributed by atoms with van der Waals surface area (Å²) < 4.78 is 0. The van der Waals surface area contributed by atoms with Crippen LogP contribution in [-0.2, 0) is 4.79 Å². The number of benzene rings is 1. The molecular formula is C14H17NO. The maximum atomic E-state index is 10.3. The van der Waals surface area contributed by atoms with E-state index in [-0.39, 0.29) is 0 Å². The molecule has 2 nitrogen and oxygen atoms in total. The van der Waals surface area contributed by atoms with Gasteiger partial charge in [0.2, 0.25) is 0 Å². The van der Waals surface area contributed by atoms with Gasteiger partial charge in [-0.2, -0.15) is 0 Å². The van der Waals surface area contributed by atoms with Crippen LogP contribution in [0.2, 0.25) is 0 Å². The van der Waals surface area contributed by atoms with Gasteiger partial charge in [-0.15, -0.1) is 0 Å². The Kier molecular flexibility index (Phi) is 3.89. The van der Waals surface area contributed by atoms with Gasteiger partial charge in [-0.05, 0) is 17.6 Å². The zero-order valence-corrected chi connectivity index (χ0v) is 9.43. The van der Waals surface area contributed by atoms with Crippen LogP contribution in [0.1, 0.15) is 18.4 Å². The lowest BCUT2D eigenvalue weighted by atomic mass is 9.99. The molecule has 0 spiro atoms. The van der Waals surface area contributed by atoms with Crippen molar-refractivity contribution in [2.75, 3.05) is 19.6 Å². The molecule has 0 aliphatic carbocycles. The van der Waals surface area contributed by atoms with Gasteiger partial charge in [-0.25, -0.2) is 0 Å². The normalized spacial score (nSPS) is 16.9. The second-order valence-electron chi connectivity index (χ2n) is 4.10. The van der Waals surface area contributed by atoms with E-state index in [1.165, 1.54) is 11.1 Å². The van der Waals surface area contributed by atoms with E-state index >= 15 is 0 Å². The molecule has 0 N–H and O–H groups in total. The molecule has 0 aromatic heterocycles. The lowest BCUT2D eigenvalue weighted by Gasteiger charge is -2.25. The van der Waals surface area contributed by atoms with Crippen LogP contribution in [0.4, 0.5) is 0 Å². The minimum atomic E-state index is 0.647. The van der Waals surface area contributed by atoms with Gasteiger partial charge in [0, 0.05) is 26.1 Å². The van der Waals surface area contributed by atoms with Crippen LogP contribution in [0, 0.1) is 0 Å². The van der Waals surface area contributed by atoms with Gasteiger partial charge in [-0.3, -0.25) is 4.90 Å². The van der Waals surface area contributed by atoms with Crippen molar-refractivity contribution in [3.63, 3.8) is 0 Å². The summed E-state index contributed by atoms with van der Waals surface area (Å²) in [5, 5.41) is 0. The smallest absolute Gasteiger partial charge is 0.121 e. The second-order valence-corrected chi connectivity index (χ2v) is 4.10. The van der Waals surface area contributed by atoms with Crippen LogP contribution >= 0.6 is 0 Å². The van der Waals surface area contributed by atoms with Crippen molar-refractivity contribution in [3.8, 4) is 0 Å². The number of rotatable bonds is 4. The van der Waals surface area contributed by atoms with Gasteiger partial charge in [-0.1, -0.05) is 36.4 Å². The molecule has 1 heterocycles. The maximum Gasteiger partial charge on any atom is 0.121 e. The van der Waals surface area contributed by atoms with Crippen molar-refractivity contribution in [1.82, 2.24) is 4.90 Å². The Hall–Kier alpha value is -1.41. The van der Waals surface area contributed by atoms with Gasteiger partial charge in [0.15, 0.2) is 0 Å². The number of carbonyl (C=O) groups is 1. The van der Waals surface area contributed by atoms with Crippen LogP contribution < -0.4 is 0 Å². The van der Waals surface area contributed by atoms with E-state index < -0.39 is 0 Å². The molecule has 0 atom stereocenters. The molecule has 0 unspecified atom stereocenters. The highest BCUT2D eigenvalue weighted by atomic mass is 16.1. The van der Waals surface area contributed by atoms with E-state index in [0.29, 0.717) is 6.42 Å². The number of nitrogens with zero attached hydrogens (tertiary/aromatic N) is 1. The summed E-state index contributed by atoms with van der Waals surface area (Å²) in [6.45, 7) is 2.93. The minimum absolute atomic E-state index is 0.647. The van der Waals surface area contributed by atoms with Crippen molar-refractivity contribution in [2.24, 2.45) is 0 Å². The van der Waals surface area contributed by atoms with Gasteiger partial charge < -0.3 is 4.79 Å². The highest BCUT2D eigenvalue weighted by Crippen LogP contribution is 2.21. The number of hydrogen-bond acceptors (Lipinski definition) is 2. The Balaban J connectivity index is 1.96. The molecule has 0 radical (unpaired) electrons. The van der Waals surface area contributed by atoms with Gasteiger partial charge in [0.05, 0.1) is 0 Å². The first-order chi connectivity index (χ1) is 7.90. The predicted molar refractivity (Wildman–Crippen MR) is 66.2 cm³/mol. The summed E-state index contributed by atoms with van der Waals surface area (Å²) in [6, 6.07) is 10.5.